The second kappa shape index (κ2) is 12.4. The molecule has 2 amide bonds. The molecule has 0 spiro atoms. The number of ether oxygens (including phenoxy) is 3. The van der Waals surface area contributed by atoms with Gasteiger partial charge in [0.05, 0.1) is 12.6 Å². The largest absolute Gasteiger partial charge is 0.573 e. The molecule has 3 aromatic rings. The fourth-order valence-electron chi connectivity index (χ4n) is 5.22. The Morgan fingerprint density at radius 3 is 1.81 bits per heavy atom. The van der Waals surface area contributed by atoms with Crippen LogP contribution >= 0.6 is 0 Å². The van der Waals surface area contributed by atoms with E-state index in [0.717, 1.165) is 24.3 Å². The maximum Gasteiger partial charge on any atom is 0.573 e. The van der Waals surface area contributed by atoms with E-state index in [9.17, 15) is 35.9 Å². The summed E-state index contributed by atoms with van der Waals surface area (Å²) in [6, 6.07) is 16.0. The highest BCUT2D eigenvalue weighted by Gasteiger charge is 2.45. The van der Waals surface area contributed by atoms with E-state index in [1.807, 2.05) is 0 Å². The van der Waals surface area contributed by atoms with Crippen LogP contribution in [0.15, 0.2) is 78.9 Å². The molecule has 0 aromatic heterocycles. The molecule has 1 aliphatic rings. The molecule has 230 valence electrons. The van der Waals surface area contributed by atoms with Crippen LogP contribution in [-0.4, -0.2) is 49.3 Å². The van der Waals surface area contributed by atoms with Gasteiger partial charge in [0.2, 0.25) is 0 Å². The van der Waals surface area contributed by atoms with Crippen LogP contribution in [0.2, 0.25) is 0 Å². The van der Waals surface area contributed by atoms with Crippen molar-refractivity contribution in [3.05, 3.63) is 90.0 Å². The van der Waals surface area contributed by atoms with Gasteiger partial charge < -0.3 is 19.1 Å². The lowest BCUT2D eigenvalue weighted by Crippen LogP contribution is -2.59. The highest BCUT2D eigenvalue weighted by atomic mass is 19.4. The number of nitrogens with zero attached hydrogens (tertiary/aromatic N) is 2. The number of hydrogen-bond donors (Lipinski definition) is 0. The maximum atomic E-state index is 14.6. The van der Waals surface area contributed by atoms with Crippen LogP contribution < -0.4 is 14.4 Å². The molecular weight excluding hydrogens is 582 g/mol. The summed E-state index contributed by atoms with van der Waals surface area (Å²) in [7, 11) is 1.19. The second-order valence-corrected chi connectivity index (χ2v) is 9.91. The fourth-order valence-corrected chi connectivity index (χ4v) is 5.22. The number of likely N-dealkylation sites (tertiary alicyclic amines) is 1. The standard InChI is InChI=1S/C30H28F6N2O5/c1-28(20-10-8-14-23(18-20)42-29(31,32)33,21-11-9-15-24(19-21)43-30(34,35)36)38(22-12-4-3-5-13-22)27(40)37-17-7-6-16-25(37)26(39)41-2/h3-5,8-15,18-19,25H,6-7,16-17H2,1-2H3. The summed E-state index contributed by atoms with van der Waals surface area (Å²) in [6.45, 7) is 1.64. The number of carbonyl (C=O) groups excluding carboxylic acids is 2. The molecule has 0 radical (unpaired) electrons. The molecule has 4 rings (SSSR count). The molecule has 1 saturated heterocycles. The monoisotopic (exact) mass is 610 g/mol. The van der Waals surface area contributed by atoms with Crippen LogP contribution in [0.25, 0.3) is 0 Å². The Kier molecular flexibility index (Phi) is 9.12. The highest BCUT2D eigenvalue weighted by molar-refractivity contribution is 5.97. The molecule has 1 atom stereocenters. The van der Waals surface area contributed by atoms with Crippen molar-refractivity contribution in [1.82, 2.24) is 4.90 Å². The predicted molar refractivity (Wildman–Crippen MR) is 143 cm³/mol. The van der Waals surface area contributed by atoms with Crippen LogP contribution in [0.1, 0.15) is 37.3 Å². The summed E-state index contributed by atoms with van der Waals surface area (Å²) >= 11 is 0. The van der Waals surface area contributed by atoms with E-state index in [2.05, 4.69) is 9.47 Å². The number of piperidine rings is 1. The van der Waals surface area contributed by atoms with Gasteiger partial charge in [-0.15, -0.1) is 26.3 Å². The minimum Gasteiger partial charge on any atom is -0.467 e. The van der Waals surface area contributed by atoms with Crippen LogP contribution in [-0.2, 0) is 15.1 Å². The Labute approximate surface area is 243 Å². The van der Waals surface area contributed by atoms with Gasteiger partial charge in [-0.25, -0.2) is 9.59 Å². The topological polar surface area (TPSA) is 68.3 Å². The zero-order valence-corrected chi connectivity index (χ0v) is 23.1. The molecule has 0 N–H and O–H groups in total. The predicted octanol–water partition coefficient (Wildman–Crippen LogP) is 7.40. The number of anilines is 1. The van der Waals surface area contributed by atoms with E-state index >= 15 is 0 Å². The molecule has 1 fully saturated rings. The third kappa shape index (κ3) is 7.33. The number of methoxy groups -OCH3 is 1. The molecule has 0 aliphatic carbocycles. The molecule has 1 aliphatic heterocycles. The van der Waals surface area contributed by atoms with Crippen LogP contribution in [0.3, 0.4) is 0 Å². The summed E-state index contributed by atoms with van der Waals surface area (Å²) in [5.74, 6) is -1.86. The molecule has 7 nitrogen and oxygen atoms in total. The molecular formula is C30H28F6N2O5. The minimum absolute atomic E-state index is 0.0715. The molecule has 3 aromatic carbocycles. The number of halogens is 6. The third-order valence-electron chi connectivity index (χ3n) is 7.13. The Balaban J connectivity index is 1.98. The van der Waals surface area contributed by atoms with Gasteiger partial charge in [-0.05, 0) is 73.7 Å². The van der Waals surface area contributed by atoms with E-state index in [1.54, 1.807) is 30.3 Å². The average molecular weight is 611 g/mol. The smallest absolute Gasteiger partial charge is 0.467 e. The van der Waals surface area contributed by atoms with Gasteiger partial charge in [0.25, 0.3) is 0 Å². The summed E-state index contributed by atoms with van der Waals surface area (Å²) < 4.78 is 92.4. The average Bonchev–Trinajstić information content (AvgIpc) is 2.95. The zero-order chi connectivity index (χ0) is 31.4. The Hall–Kier alpha value is -4.42. The van der Waals surface area contributed by atoms with Crippen molar-refractivity contribution in [1.29, 1.82) is 0 Å². The van der Waals surface area contributed by atoms with Gasteiger partial charge >= 0.3 is 24.7 Å². The first kappa shape index (κ1) is 31.5. The molecule has 1 unspecified atom stereocenters. The van der Waals surface area contributed by atoms with Crippen LogP contribution in [0, 0.1) is 0 Å². The normalized spacial score (nSPS) is 15.9. The zero-order valence-electron chi connectivity index (χ0n) is 23.1. The van der Waals surface area contributed by atoms with Crippen molar-refractivity contribution < 1.29 is 50.1 Å². The lowest BCUT2D eigenvalue weighted by Gasteiger charge is -2.46. The quantitative estimate of drug-likeness (QED) is 0.206. The van der Waals surface area contributed by atoms with Gasteiger partial charge in [-0.2, -0.15) is 0 Å². The van der Waals surface area contributed by atoms with Crippen molar-refractivity contribution in [3.8, 4) is 11.5 Å². The number of rotatable bonds is 7. The SMILES string of the molecule is COC(=O)C1CCCCN1C(=O)N(c1ccccc1)C(C)(c1cccc(OC(F)(F)F)c1)c1cccc(OC(F)(F)F)c1. The summed E-state index contributed by atoms with van der Waals surface area (Å²) in [5.41, 5.74) is -1.37. The molecule has 0 saturated carbocycles. The van der Waals surface area contributed by atoms with Gasteiger partial charge in [0.15, 0.2) is 0 Å². The van der Waals surface area contributed by atoms with E-state index in [0.29, 0.717) is 19.3 Å². The second-order valence-electron chi connectivity index (χ2n) is 9.91. The maximum absolute atomic E-state index is 14.6. The first-order valence-electron chi connectivity index (χ1n) is 13.2. The fraction of sp³-hybridized carbons (Fsp3) is 0.333. The van der Waals surface area contributed by atoms with Crippen molar-refractivity contribution in [3.63, 3.8) is 0 Å². The van der Waals surface area contributed by atoms with Crippen molar-refractivity contribution >= 4 is 17.7 Å². The lowest BCUT2D eigenvalue weighted by molar-refractivity contribution is -0.275. The minimum atomic E-state index is -5.04. The van der Waals surface area contributed by atoms with E-state index < -0.39 is 47.8 Å². The molecule has 13 heteroatoms. The molecule has 43 heavy (non-hydrogen) atoms. The van der Waals surface area contributed by atoms with Gasteiger partial charge in [0, 0.05) is 12.2 Å². The first-order chi connectivity index (χ1) is 20.2. The molecule has 1 heterocycles. The third-order valence-corrected chi connectivity index (χ3v) is 7.13. The van der Waals surface area contributed by atoms with Crippen molar-refractivity contribution in [2.45, 2.75) is 50.5 Å². The number of carbonyl (C=O) groups is 2. The summed E-state index contributed by atoms with van der Waals surface area (Å²) in [6.07, 6.45) is -8.57. The van der Waals surface area contributed by atoms with E-state index in [1.165, 1.54) is 48.1 Å². The Bertz CT molecular complexity index is 1370. The van der Waals surface area contributed by atoms with Crippen molar-refractivity contribution in [2.24, 2.45) is 0 Å². The number of alkyl halides is 6. The number of amides is 2. The van der Waals surface area contributed by atoms with Crippen molar-refractivity contribution in [2.75, 3.05) is 18.6 Å². The Morgan fingerprint density at radius 1 is 0.791 bits per heavy atom. The van der Waals surface area contributed by atoms with Gasteiger partial charge in [0.1, 0.15) is 17.5 Å². The number of esters is 1. The highest BCUT2D eigenvalue weighted by Crippen LogP contribution is 2.43. The Morgan fingerprint density at radius 2 is 1.33 bits per heavy atom. The van der Waals surface area contributed by atoms with Crippen LogP contribution in [0.5, 0.6) is 11.5 Å². The number of para-hydroxylation sites is 1. The number of benzene rings is 3. The first-order valence-corrected chi connectivity index (χ1v) is 13.2. The lowest BCUT2D eigenvalue weighted by atomic mass is 9.82. The van der Waals surface area contributed by atoms with Gasteiger partial charge in [-0.3, -0.25) is 4.90 Å². The number of urea groups is 1. The summed E-state index contributed by atoms with van der Waals surface area (Å²) in [5, 5.41) is 0. The van der Waals surface area contributed by atoms with E-state index in [-0.39, 0.29) is 23.4 Å². The van der Waals surface area contributed by atoms with Crippen LogP contribution in [0.4, 0.5) is 36.8 Å². The van der Waals surface area contributed by atoms with E-state index in [4.69, 9.17) is 4.74 Å². The van der Waals surface area contributed by atoms with Gasteiger partial charge in [-0.1, -0.05) is 42.5 Å². The summed E-state index contributed by atoms with van der Waals surface area (Å²) in [4.78, 5) is 29.8. The molecule has 0 bridgehead atoms. The number of hydrogen-bond acceptors (Lipinski definition) is 5.